The third kappa shape index (κ3) is 4.69. The van der Waals surface area contributed by atoms with Gasteiger partial charge in [0.05, 0.1) is 12.1 Å². The van der Waals surface area contributed by atoms with Gasteiger partial charge in [-0.1, -0.05) is 35.5 Å². The lowest BCUT2D eigenvalue weighted by molar-refractivity contribution is 0.101. The van der Waals surface area contributed by atoms with Crippen LogP contribution in [-0.4, -0.2) is 25.8 Å². The van der Waals surface area contributed by atoms with Gasteiger partial charge in [-0.05, 0) is 62.1 Å². The Hall–Kier alpha value is -3.94. The highest BCUT2D eigenvalue weighted by Gasteiger charge is 2.21. The number of rotatable bonds is 7. The molecule has 1 N–H and O–H groups in total. The average Bonchev–Trinajstić information content (AvgIpc) is 3.36. The summed E-state index contributed by atoms with van der Waals surface area (Å²) in [6, 6.07) is 13.9. The molecule has 4 rings (SSSR count). The maximum Gasteiger partial charge on any atom is 0.280 e. The van der Waals surface area contributed by atoms with Gasteiger partial charge in [0.1, 0.15) is 24.4 Å². The second-order valence-electron chi connectivity index (χ2n) is 7.75. The van der Waals surface area contributed by atoms with Gasteiger partial charge in [0.2, 0.25) is 5.95 Å². The van der Waals surface area contributed by atoms with Crippen LogP contribution in [0.3, 0.4) is 0 Å². The lowest BCUT2D eigenvalue weighted by Crippen LogP contribution is -2.16. The summed E-state index contributed by atoms with van der Waals surface area (Å²) in [7, 11) is 0. The largest absolute Gasteiger partial charge is 0.489 e. The molecule has 0 spiro atoms. The summed E-state index contributed by atoms with van der Waals surface area (Å²) in [5, 5.41) is 10.9. The van der Waals surface area contributed by atoms with Crippen molar-refractivity contribution in [1.82, 2.24) is 19.9 Å². The van der Waals surface area contributed by atoms with Crippen molar-refractivity contribution in [2.45, 2.75) is 40.8 Å². The molecule has 0 bridgehead atoms. The number of nitrogens with one attached hydrogen (secondary N) is 1. The quantitative estimate of drug-likeness (QED) is 0.467. The van der Waals surface area contributed by atoms with Crippen molar-refractivity contribution in [1.29, 1.82) is 0 Å². The number of hydrogen-bond acceptors (Lipinski definition) is 6. The first-order valence-corrected chi connectivity index (χ1v) is 10.3. The van der Waals surface area contributed by atoms with Crippen molar-refractivity contribution in [2.75, 3.05) is 5.32 Å². The summed E-state index contributed by atoms with van der Waals surface area (Å²) in [6.07, 6.45) is 1.58. The molecule has 0 saturated carbocycles. The predicted octanol–water partition coefficient (Wildman–Crippen LogP) is 4.38. The summed E-state index contributed by atoms with van der Waals surface area (Å²) in [5.41, 5.74) is 5.36. The van der Waals surface area contributed by atoms with E-state index in [-0.39, 0.29) is 18.2 Å². The molecule has 2 aromatic carbocycles. The van der Waals surface area contributed by atoms with Crippen molar-refractivity contribution in [3.05, 3.63) is 88.1 Å². The Labute approximate surface area is 186 Å². The fourth-order valence-corrected chi connectivity index (χ4v) is 3.25. The standard InChI is InChI=1S/C24H25N5O3/c1-15-9-10-20(11-17(15)3)31-13-21-18(4)32-28-22(21)23(30)26-24-25-14-29(27-24)12-19-8-6-5-7-16(19)2/h5-11,14H,12-13H2,1-4H3,(H,26,27,30). The van der Waals surface area contributed by atoms with E-state index in [2.05, 4.69) is 20.6 Å². The normalized spacial score (nSPS) is 10.9. The molecule has 2 heterocycles. The van der Waals surface area contributed by atoms with Gasteiger partial charge in [-0.15, -0.1) is 5.10 Å². The zero-order chi connectivity index (χ0) is 22.7. The molecular weight excluding hydrogens is 406 g/mol. The van der Waals surface area contributed by atoms with Gasteiger partial charge in [0.25, 0.3) is 5.91 Å². The fourth-order valence-electron chi connectivity index (χ4n) is 3.25. The Balaban J connectivity index is 1.43. The number of anilines is 1. The highest BCUT2D eigenvalue weighted by Crippen LogP contribution is 2.21. The van der Waals surface area contributed by atoms with E-state index < -0.39 is 5.91 Å². The number of aromatic nitrogens is 4. The van der Waals surface area contributed by atoms with Crippen LogP contribution in [0.1, 0.15) is 44.1 Å². The summed E-state index contributed by atoms with van der Waals surface area (Å²) in [6.45, 7) is 8.59. The van der Waals surface area contributed by atoms with E-state index >= 15 is 0 Å². The molecule has 164 valence electrons. The third-order valence-corrected chi connectivity index (χ3v) is 5.42. The minimum absolute atomic E-state index is 0.154. The van der Waals surface area contributed by atoms with Crippen LogP contribution >= 0.6 is 0 Å². The first-order valence-electron chi connectivity index (χ1n) is 10.3. The van der Waals surface area contributed by atoms with Gasteiger partial charge in [-0.25, -0.2) is 9.67 Å². The Morgan fingerprint density at radius 3 is 2.66 bits per heavy atom. The van der Waals surface area contributed by atoms with Crippen molar-refractivity contribution in [3.8, 4) is 5.75 Å². The number of amides is 1. The first-order chi connectivity index (χ1) is 15.4. The number of benzene rings is 2. The van der Waals surface area contributed by atoms with Gasteiger partial charge in [0, 0.05) is 0 Å². The highest BCUT2D eigenvalue weighted by atomic mass is 16.5. The lowest BCUT2D eigenvalue weighted by Gasteiger charge is -2.08. The predicted molar refractivity (Wildman–Crippen MR) is 120 cm³/mol. The van der Waals surface area contributed by atoms with E-state index in [0.29, 0.717) is 17.9 Å². The van der Waals surface area contributed by atoms with Crippen LogP contribution in [-0.2, 0) is 13.2 Å². The van der Waals surface area contributed by atoms with E-state index in [4.69, 9.17) is 9.26 Å². The van der Waals surface area contributed by atoms with Crippen LogP contribution in [0.25, 0.3) is 0 Å². The Morgan fingerprint density at radius 2 is 1.88 bits per heavy atom. The molecule has 0 aliphatic heterocycles. The van der Waals surface area contributed by atoms with E-state index in [1.165, 1.54) is 11.1 Å². The van der Waals surface area contributed by atoms with Gasteiger partial charge < -0.3 is 9.26 Å². The van der Waals surface area contributed by atoms with Crippen molar-refractivity contribution in [3.63, 3.8) is 0 Å². The van der Waals surface area contributed by atoms with Crippen LogP contribution in [0.2, 0.25) is 0 Å². The van der Waals surface area contributed by atoms with E-state index in [0.717, 1.165) is 16.9 Å². The fraction of sp³-hybridized carbons (Fsp3) is 0.250. The van der Waals surface area contributed by atoms with Crippen LogP contribution in [0.5, 0.6) is 5.75 Å². The zero-order valence-electron chi connectivity index (χ0n) is 18.5. The average molecular weight is 431 g/mol. The van der Waals surface area contributed by atoms with Gasteiger partial charge in [0.15, 0.2) is 5.69 Å². The molecule has 32 heavy (non-hydrogen) atoms. The molecule has 8 heteroatoms. The maximum absolute atomic E-state index is 12.8. The molecule has 1 amide bonds. The van der Waals surface area contributed by atoms with Gasteiger partial charge >= 0.3 is 0 Å². The number of aryl methyl sites for hydroxylation is 4. The monoisotopic (exact) mass is 431 g/mol. The number of carbonyl (C=O) groups excluding carboxylic acids is 1. The van der Waals surface area contributed by atoms with Crippen molar-refractivity contribution in [2.24, 2.45) is 0 Å². The van der Waals surface area contributed by atoms with Crippen molar-refractivity contribution < 1.29 is 14.1 Å². The zero-order valence-corrected chi connectivity index (χ0v) is 18.5. The second-order valence-corrected chi connectivity index (χ2v) is 7.75. The molecule has 0 fully saturated rings. The van der Waals surface area contributed by atoms with Crippen molar-refractivity contribution >= 4 is 11.9 Å². The Kier molecular flexibility index (Phi) is 6.02. The molecule has 0 aliphatic carbocycles. The maximum atomic E-state index is 12.8. The summed E-state index contributed by atoms with van der Waals surface area (Å²) in [4.78, 5) is 17.0. The van der Waals surface area contributed by atoms with E-state index in [9.17, 15) is 4.79 Å². The minimum Gasteiger partial charge on any atom is -0.489 e. The van der Waals surface area contributed by atoms with E-state index in [1.807, 2.05) is 63.2 Å². The topological polar surface area (TPSA) is 95.1 Å². The van der Waals surface area contributed by atoms with Crippen LogP contribution in [0.15, 0.2) is 53.3 Å². The summed E-state index contributed by atoms with van der Waals surface area (Å²) in [5.74, 6) is 0.994. The number of ether oxygens (including phenoxy) is 1. The third-order valence-electron chi connectivity index (χ3n) is 5.42. The number of nitrogens with zero attached hydrogens (tertiary/aromatic N) is 4. The lowest BCUT2D eigenvalue weighted by atomic mass is 10.1. The molecule has 0 atom stereocenters. The number of hydrogen-bond donors (Lipinski definition) is 1. The van der Waals surface area contributed by atoms with Gasteiger partial charge in [-0.3, -0.25) is 10.1 Å². The van der Waals surface area contributed by atoms with Crippen LogP contribution in [0, 0.1) is 27.7 Å². The minimum atomic E-state index is -0.450. The smallest absolute Gasteiger partial charge is 0.280 e. The Morgan fingerprint density at radius 1 is 1.06 bits per heavy atom. The number of carbonyl (C=O) groups is 1. The second kappa shape index (κ2) is 9.05. The molecule has 2 aromatic heterocycles. The molecule has 8 nitrogen and oxygen atoms in total. The first kappa shape index (κ1) is 21.3. The molecule has 0 radical (unpaired) electrons. The molecule has 4 aromatic rings. The van der Waals surface area contributed by atoms with Crippen LogP contribution < -0.4 is 10.1 Å². The molecule has 0 unspecified atom stereocenters. The van der Waals surface area contributed by atoms with Crippen LogP contribution in [0.4, 0.5) is 5.95 Å². The Bertz CT molecular complexity index is 1260. The summed E-state index contributed by atoms with van der Waals surface area (Å²) >= 11 is 0. The van der Waals surface area contributed by atoms with E-state index in [1.54, 1.807) is 17.9 Å². The molecule has 0 saturated heterocycles. The van der Waals surface area contributed by atoms with Gasteiger partial charge in [-0.2, -0.15) is 0 Å². The highest BCUT2D eigenvalue weighted by molar-refractivity contribution is 6.02. The molecular formula is C24H25N5O3. The molecule has 0 aliphatic rings. The SMILES string of the molecule is Cc1ccc(OCc2c(C(=O)Nc3ncn(Cc4ccccc4C)n3)noc2C)cc1C. The summed E-state index contributed by atoms with van der Waals surface area (Å²) < 4.78 is 12.8.